The summed E-state index contributed by atoms with van der Waals surface area (Å²) in [6.45, 7) is 0.479. The van der Waals surface area contributed by atoms with E-state index in [0.29, 0.717) is 12.3 Å². The van der Waals surface area contributed by atoms with E-state index < -0.39 is 0 Å². The van der Waals surface area contributed by atoms with Crippen LogP contribution in [0.4, 0.5) is 0 Å². The lowest BCUT2D eigenvalue weighted by Gasteiger charge is -2.04. The maximum Gasteiger partial charge on any atom is 0.244 e. The van der Waals surface area contributed by atoms with Crippen LogP contribution in [0.25, 0.3) is 17.2 Å². The second kappa shape index (κ2) is 6.63. The molecule has 0 radical (unpaired) electrons. The number of carbonyl (C=O) groups excluding carboxylic acids is 1. The molecule has 1 aromatic carbocycles. The summed E-state index contributed by atoms with van der Waals surface area (Å²) < 4.78 is 10.2. The van der Waals surface area contributed by atoms with Gasteiger partial charge in [0.1, 0.15) is 5.76 Å². The zero-order valence-electron chi connectivity index (χ0n) is 11.9. The topological polar surface area (TPSA) is 55.4 Å². The molecule has 3 rings (SSSR count). The summed E-state index contributed by atoms with van der Waals surface area (Å²) in [5, 5.41) is 2.83. The molecule has 3 aromatic rings. The third-order valence-electron chi connectivity index (χ3n) is 3.22. The van der Waals surface area contributed by atoms with Gasteiger partial charge in [-0.15, -0.1) is 0 Å². The Bertz CT molecular complexity index is 738. The Balaban J connectivity index is 1.54. The van der Waals surface area contributed by atoms with Crippen LogP contribution in [0.15, 0.2) is 76.2 Å². The van der Waals surface area contributed by atoms with Gasteiger partial charge in [-0.1, -0.05) is 24.3 Å². The van der Waals surface area contributed by atoms with Gasteiger partial charge in [0.15, 0.2) is 0 Å². The van der Waals surface area contributed by atoms with E-state index in [1.807, 2.05) is 30.3 Å². The Labute approximate surface area is 128 Å². The predicted octanol–water partition coefficient (Wildman–Crippen LogP) is 3.87. The Morgan fingerprint density at radius 1 is 1.05 bits per heavy atom. The van der Waals surface area contributed by atoms with Crippen LogP contribution in [-0.4, -0.2) is 5.91 Å². The average Bonchev–Trinajstić information content (AvgIpc) is 3.24. The molecule has 2 aromatic heterocycles. The van der Waals surface area contributed by atoms with Gasteiger partial charge >= 0.3 is 0 Å². The van der Waals surface area contributed by atoms with Crippen LogP contribution in [0.3, 0.4) is 0 Å². The molecular formula is C18H15NO3. The fourth-order valence-corrected chi connectivity index (χ4v) is 2.04. The highest BCUT2D eigenvalue weighted by molar-refractivity contribution is 5.91. The first-order valence-electron chi connectivity index (χ1n) is 6.92. The van der Waals surface area contributed by atoms with E-state index in [1.165, 1.54) is 6.08 Å². The summed E-state index contributed by atoms with van der Waals surface area (Å²) in [5.41, 5.74) is 3.16. The number of amides is 1. The lowest BCUT2D eigenvalue weighted by Crippen LogP contribution is -2.20. The number of hydrogen-bond acceptors (Lipinski definition) is 3. The van der Waals surface area contributed by atoms with Crippen molar-refractivity contribution in [3.63, 3.8) is 0 Å². The second-order valence-electron chi connectivity index (χ2n) is 4.78. The SMILES string of the molecule is O=C(/C=C/c1ccco1)NCc1ccc(-c2ccoc2)cc1. The van der Waals surface area contributed by atoms with Gasteiger partial charge < -0.3 is 14.2 Å². The summed E-state index contributed by atoms with van der Waals surface area (Å²) in [6, 6.07) is 13.5. The van der Waals surface area contributed by atoms with Crippen LogP contribution in [0.5, 0.6) is 0 Å². The van der Waals surface area contributed by atoms with Gasteiger partial charge in [0.05, 0.1) is 18.8 Å². The van der Waals surface area contributed by atoms with E-state index >= 15 is 0 Å². The van der Waals surface area contributed by atoms with E-state index in [-0.39, 0.29) is 5.91 Å². The molecule has 4 heteroatoms. The van der Waals surface area contributed by atoms with Gasteiger partial charge in [-0.05, 0) is 35.4 Å². The highest BCUT2D eigenvalue weighted by Crippen LogP contribution is 2.19. The van der Waals surface area contributed by atoms with Crippen molar-refractivity contribution in [2.24, 2.45) is 0 Å². The van der Waals surface area contributed by atoms with Crippen molar-refractivity contribution in [1.29, 1.82) is 0 Å². The lowest BCUT2D eigenvalue weighted by atomic mass is 10.1. The first-order chi connectivity index (χ1) is 10.8. The molecular weight excluding hydrogens is 278 g/mol. The van der Waals surface area contributed by atoms with Crippen molar-refractivity contribution in [1.82, 2.24) is 5.32 Å². The van der Waals surface area contributed by atoms with E-state index in [1.54, 1.807) is 37.0 Å². The van der Waals surface area contributed by atoms with Crippen molar-refractivity contribution in [3.8, 4) is 11.1 Å². The molecule has 0 bridgehead atoms. The smallest absolute Gasteiger partial charge is 0.244 e. The molecule has 0 unspecified atom stereocenters. The van der Waals surface area contributed by atoms with Gasteiger partial charge in [0.25, 0.3) is 0 Å². The van der Waals surface area contributed by atoms with Gasteiger partial charge in [-0.3, -0.25) is 4.79 Å². The van der Waals surface area contributed by atoms with Gasteiger partial charge in [0, 0.05) is 18.2 Å². The Hall–Kier alpha value is -3.01. The monoisotopic (exact) mass is 293 g/mol. The number of carbonyl (C=O) groups is 1. The molecule has 1 N–H and O–H groups in total. The van der Waals surface area contributed by atoms with E-state index in [4.69, 9.17) is 8.83 Å². The van der Waals surface area contributed by atoms with Crippen molar-refractivity contribution in [2.75, 3.05) is 0 Å². The fraction of sp³-hybridized carbons (Fsp3) is 0.0556. The Kier molecular flexibility index (Phi) is 4.20. The normalized spacial score (nSPS) is 10.9. The molecule has 110 valence electrons. The number of benzene rings is 1. The highest BCUT2D eigenvalue weighted by Gasteiger charge is 2.01. The van der Waals surface area contributed by atoms with Crippen molar-refractivity contribution < 1.29 is 13.6 Å². The minimum Gasteiger partial charge on any atom is -0.472 e. The maximum absolute atomic E-state index is 11.7. The maximum atomic E-state index is 11.7. The standard InChI is InChI=1S/C18H15NO3/c20-18(8-7-17-2-1-10-22-17)19-12-14-3-5-15(6-4-14)16-9-11-21-13-16/h1-11,13H,12H2,(H,19,20)/b8-7+. The minimum absolute atomic E-state index is 0.157. The molecule has 0 aliphatic heterocycles. The molecule has 22 heavy (non-hydrogen) atoms. The van der Waals surface area contributed by atoms with Crippen molar-refractivity contribution in [3.05, 3.63) is 78.7 Å². The van der Waals surface area contributed by atoms with Crippen LogP contribution >= 0.6 is 0 Å². The quantitative estimate of drug-likeness (QED) is 0.726. The van der Waals surface area contributed by atoms with Gasteiger partial charge in [0.2, 0.25) is 5.91 Å². The summed E-state index contributed by atoms with van der Waals surface area (Å²) in [5.74, 6) is 0.495. The van der Waals surface area contributed by atoms with E-state index in [2.05, 4.69) is 5.32 Å². The van der Waals surface area contributed by atoms with E-state index in [9.17, 15) is 4.79 Å². The van der Waals surface area contributed by atoms with Crippen LogP contribution in [0.2, 0.25) is 0 Å². The number of rotatable bonds is 5. The molecule has 0 fully saturated rings. The first-order valence-corrected chi connectivity index (χ1v) is 6.92. The zero-order valence-corrected chi connectivity index (χ0v) is 11.9. The third kappa shape index (κ3) is 3.55. The molecule has 0 aliphatic carbocycles. The van der Waals surface area contributed by atoms with Crippen LogP contribution in [0.1, 0.15) is 11.3 Å². The highest BCUT2D eigenvalue weighted by atomic mass is 16.3. The summed E-state index contributed by atoms with van der Waals surface area (Å²) in [4.78, 5) is 11.7. The van der Waals surface area contributed by atoms with Gasteiger partial charge in [-0.25, -0.2) is 0 Å². The molecule has 2 heterocycles. The molecule has 0 saturated carbocycles. The first kappa shape index (κ1) is 13.9. The van der Waals surface area contributed by atoms with Crippen molar-refractivity contribution in [2.45, 2.75) is 6.54 Å². The van der Waals surface area contributed by atoms with Crippen LogP contribution < -0.4 is 5.32 Å². The molecule has 0 spiro atoms. The van der Waals surface area contributed by atoms with Crippen LogP contribution in [-0.2, 0) is 11.3 Å². The second-order valence-corrected chi connectivity index (χ2v) is 4.78. The molecule has 0 atom stereocenters. The van der Waals surface area contributed by atoms with E-state index in [0.717, 1.165) is 16.7 Å². The Morgan fingerprint density at radius 3 is 2.59 bits per heavy atom. The van der Waals surface area contributed by atoms with Crippen molar-refractivity contribution >= 4 is 12.0 Å². The Morgan fingerprint density at radius 2 is 1.91 bits per heavy atom. The van der Waals surface area contributed by atoms with Crippen LogP contribution in [0, 0.1) is 0 Å². The predicted molar refractivity (Wildman–Crippen MR) is 83.7 cm³/mol. The van der Waals surface area contributed by atoms with Gasteiger partial charge in [-0.2, -0.15) is 0 Å². The number of furan rings is 2. The summed E-state index contributed by atoms with van der Waals surface area (Å²) in [6.07, 6.45) is 8.01. The lowest BCUT2D eigenvalue weighted by molar-refractivity contribution is -0.116. The number of nitrogens with one attached hydrogen (secondary N) is 1. The summed E-state index contributed by atoms with van der Waals surface area (Å²) >= 11 is 0. The molecule has 1 amide bonds. The number of hydrogen-bond donors (Lipinski definition) is 1. The largest absolute Gasteiger partial charge is 0.472 e. The summed E-state index contributed by atoms with van der Waals surface area (Å²) in [7, 11) is 0. The minimum atomic E-state index is -0.157. The molecule has 0 saturated heterocycles. The third-order valence-corrected chi connectivity index (χ3v) is 3.22. The fourth-order valence-electron chi connectivity index (χ4n) is 2.04. The molecule has 0 aliphatic rings. The molecule has 4 nitrogen and oxygen atoms in total. The average molecular weight is 293 g/mol. The zero-order chi connectivity index (χ0) is 15.2.